The summed E-state index contributed by atoms with van der Waals surface area (Å²) >= 11 is 0. The van der Waals surface area contributed by atoms with Gasteiger partial charge in [0, 0.05) is 45.3 Å². The molecule has 0 aliphatic carbocycles. The highest BCUT2D eigenvalue weighted by Crippen LogP contribution is 2.20. The first-order chi connectivity index (χ1) is 12.2. The highest BCUT2D eigenvalue weighted by atomic mass is 127. The van der Waals surface area contributed by atoms with E-state index in [0.29, 0.717) is 6.54 Å². The van der Waals surface area contributed by atoms with E-state index >= 15 is 0 Å². The summed E-state index contributed by atoms with van der Waals surface area (Å²) in [6.45, 7) is 11.2. The third-order valence-corrected chi connectivity index (χ3v) is 4.18. The second-order valence-corrected chi connectivity index (χ2v) is 6.27. The van der Waals surface area contributed by atoms with Gasteiger partial charge in [-0.1, -0.05) is 19.1 Å². The fourth-order valence-corrected chi connectivity index (χ4v) is 2.71. The lowest BCUT2D eigenvalue weighted by Crippen LogP contribution is -2.44. The molecule has 0 atom stereocenters. The molecule has 0 saturated carbocycles. The Morgan fingerprint density at radius 2 is 2.04 bits per heavy atom. The highest BCUT2D eigenvalue weighted by molar-refractivity contribution is 14.0. The SMILES string of the molecule is CCCOc1cc(C)ccc1CNC(=NC)NCCN1CCOCC1.I. The van der Waals surface area contributed by atoms with Gasteiger partial charge in [0.05, 0.1) is 19.8 Å². The molecule has 0 unspecified atom stereocenters. The minimum atomic E-state index is 0. The predicted octanol–water partition coefficient (Wildman–Crippen LogP) is 2.40. The summed E-state index contributed by atoms with van der Waals surface area (Å²) < 4.78 is 11.2. The summed E-state index contributed by atoms with van der Waals surface area (Å²) in [7, 11) is 1.80. The van der Waals surface area contributed by atoms with E-state index < -0.39 is 0 Å². The van der Waals surface area contributed by atoms with Crippen LogP contribution in [0, 0.1) is 6.92 Å². The number of rotatable bonds is 8. The lowest BCUT2D eigenvalue weighted by Gasteiger charge is -2.26. The zero-order chi connectivity index (χ0) is 17.9. The standard InChI is InChI=1S/C19H32N4O2.HI/c1-4-11-25-18-14-16(2)5-6-17(18)15-22-19(20-3)21-7-8-23-9-12-24-13-10-23;/h5-6,14H,4,7-13,15H2,1-3H3,(H2,20,21,22);1H. The first-order valence-electron chi connectivity index (χ1n) is 9.20. The zero-order valence-corrected chi connectivity index (χ0v) is 18.5. The molecule has 1 saturated heterocycles. The largest absolute Gasteiger partial charge is 0.493 e. The van der Waals surface area contributed by atoms with E-state index in [9.17, 15) is 0 Å². The number of nitrogens with one attached hydrogen (secondary N) is 2. The van der Waals surface area contributed by atoms with Crippen molar-refractivity contribution in [1.82, 2.24) is 15.5 Å². The summed E-state index contributed by atoms with van der Waals surface area (Å²) in [6, 6.07) is 6.33. The van der Waals surface area contributed by atoms with E-state index in [1.807, 2.05) is 0 Å². The van der Waals surface area contributed by atoms with Crippen molar-refractivity contribution in [3.63, 3.8) is 0 Å². The molecule has 1 aromatic rings. The average molecular weight is 476 g/mol. The Morgan fingerprint density at radius 3 is 2.73 bits per heavy atom. The minimum absolute atomic E-state index is 0. The van der Waals surface area contributed by atoms with Gasteiger partial charge in [-0.2, -0.15) is 0 Å². The van der Waals surface area contributed by atoms with Gasteiger partial charge in [0.15, 0.2) is 5.96 Å². The molecule has 7 heteroatoms. The first-order valence-corrected chi connectivity index (χ1v) is 9.20. The highest BCUT2D eigenvalue weighted by Gasteiger charge is 2.10. The van der Waals surface area contributed by atoms with Crippen molar-refractivity contribution in [3.8, 4) is 5.75 Å². The van der Waals surface area contributed by atoms with Crippen molar-refractivity contribution in [2.75, 3.05) is 53.0 Å². The number of aryl methyl sites for hydroxylation is 1. The maximum absolute atomic E-state index is 5.87. The molecule has 1 heterocycles. The van der Waals surface area contributed by atoms with Crippen molar-refractivity contribution in [1.29, 1.82) is 0 Å². The maximum Gasteiger partial charge on any atom is 0.191 e. The second-order valence-electron chi connectivity index (χ2n) is 6.27. The number of hydrogen-bond donors (Lipinski definition) is 2. The molecule has 0 radical (unpaired) electrons. The lowest BCUT2D eigenvalue weighted by atomic mass is 10.1. The molecule has 148 valence electrons. The number of morpholine rings is 1. The quantitative estimate of drug-likeness (QED) is 0.343. The molecular formula is C19H33IN4O2. The van der Waals surface area contributed by atoms with Crippen LogP contribution in [-0.2, 0) is 11.3 Å². The van der Waals surface area contributed by atoms with Gasteiger partial charge in [0.1, 0.15) is 5.75 Å². The van der Waals surface area contributed by atoms with Crippen molar-refractivity contribution >= 4 is 29.9 Å². The number of hydrogen-bond acceptors (Lipinski definition) is 4. The van der Waals surface area contributed by atoms with Gasteiger partial charge in [-0.3, -0.25) is 9.89 Å². The molecule has 1 aliphatic rings. The monoisotopic (exact) mass is 476 g/mol. The Morgan fingerprint density at radius 1 is 1.27 bits per heavy atom. The molecular weight excluding hydrogens is 443 g/mol. The van der Waals surface area contributed by atoms with Crippen molar-refractivity contribution in [3.05, 3.63) is 29.3 Å². The Hall–Kier alpha value is -1.06. The lowest BCUT2D eigenvalue weighted by molar-refractivity contribution is 0.0389. The number of aliphatic imine (C=N–C) groups is 1. The molecule has 0 aromatic heterocycles. The molecule has 2 rings (SSSR count). The molecule has 1 fully saturated rings. The Kier molecular flexibility index (Phi) is 11.6. The van der Waals surface area contributed by atoms with Gasteiger partial charge in [0.2, 0.25) is 0 Å². The fourth-order valence-electron chi connectivity index (χ4n) is 2.71. The van der Waals surface area contributed by atoms with Gasteiger partial charge < -0.3 is 20.1 Å². The molecule has 2 N–H and O–H groups in total. The fraction of sp³-hybridized carbons (Fsp3) is 0.632. The molecule has 6 nitrogen and oxygen atoms in total. The van der Waals surface area contributed by atoms with E-state index in [2.05, 4.69) is 52.6 Å². The van der Waals surface area contributed by atoms with E-state index in [1.165, 1.54) is 5.56 Å². The van der Waals surface area contributed by atoms with Crippen LogP contribution in [-0.4, -0.2) is 63.9 Å². The summed E-state index contributed by atoms with van der Waals surface area (Å²) in [5.74, 6) is 1.77. The first kappa shape index (κ1) is 23.0. The number of benzene rings is 1. The summed E-state index contributed by atoms with van der Waals surface area (Å²) in [6.07, 6.45) is 1.01. The van der Waals surface area contributed by atoms with Gasteiger partial charge in [-0.05, 0) is 25.0 Å². The van der Waals surface area contributed by atoms with Gasteiger partial charge in [-0.25, -0.2) is 0 Å². The molecule has 1 aliphatic heterocycles. The summed E-state index contributed by atoms with van der Waals surface area (Å²) in [5.41, 5.74) is 2.36. The van der Waals surface area contributed by atoms with E-state index in [4.69, 9.17) is 9.47 Å². The Labute approximate surface area is 174 Å². The molecule has 0 amide bonds. The van der Waals surface area contributed by atoms with Crippen molar-refractivity contribution in [2.45, 2.75) is 26.8 Å². The Balaban J connectivity index is 0.00000338. The number of nitrogens with zero attached hydrogens (tertiary/aromatic N) is 2. The van der Waals surface area contributed by atoms with Crippen LogP contribution >= 0.6 is 24.0 Å². The minimum Gasteiger partial charge on any atom is -0.493 e. The van der Waals surface area contributed by atoms with Crippen LogP contribution in [0.5, 0.6) is 5.75 Å². The van der Waals surface area contributed by atoms with Crippen LogP contribution < -0.4 is 15.4 Å². The van der Waals surface area contributed by atoms with Gasteiger partial charge >= 0.3 is 0 Å². The molecule has 0 bridgehead atoms. The van der Waals surface area contributed by atoms with E-state index in [-0.39, 0.29) is 24.0 Å². The van der Waals surface area contributed by atoms with Crippen LogP contribution in [0.25, 0.3) is 0 Å². The third kappa shape index (κ3) is 8.09. The van der Waals surface area contributed by atoms with Crippen LogP contribution in [0.2, 0.25) is 0 Å². The number of ether oxygens (including phenoxy) is 2. The summed E-state index contributed by atoms with van der Waals surface area (Å²) in [5, 5.41) is 6.75. The van der Waals surface area contributed by atoms with Crippen molar-refractivity contribution < 1.29 is 9.47 Å². The number of halogens is 1. The summed E-state index contributed by atoms with van der Waals surface area (Å²) in [4.78, 5) is 6.71. The number of guanidine groups is 1. The van der Waals surface area contributed by atoms with E-state index in [1.54, 1.807) is 7.05 Å². The predicted molar refractivity (Wildman–Crippen MR) is 118 cm³/mol. The van der Waals surface area contributed by atoms with E-state index in [0.717, 1.165) is 69.7 Å². The molecule has 0 spiro atoms. The van der Waals surface area contributed by atoms with Crippen molar-refractivity contribution in [2.24, 2.45) is 4.99 Å². The zero-order valence-electron chi connectivity index (χ0n) is 16.2. The van der Waals surface area contributed by atoms with Gasteiger partial charge in [0.25, 0.3) is 0 Å². The smallest absolute Gasteiger partial charge is 0.191 e. The third-order valence-electron chi connectivity index (χ3n) is 4.18. The van der Waals surface area contributed by atoms with Crippen LogP contribution in [0.15, 0.2) is 23.2 Å². The second kappa shape index (κ2) is 13.2. The van der Waals surface area contributed by atoms with Gasteiger partial charge in [-0.15, -0.1) is 24.0 Å². The molecule has 1 aromatic carbocycles. The van der Waals surface area contributed by atoms with Crippen LogP contribution in [0.4, 0.5) is 0 Å². The maximum atomic E-state index is 5.87. The van der Waals surface area contributed by atoms with Crippen LogP contribution in [0.1, 0.15) is 24.5 Å². The topological polar surface area (TPSA) is 58.1 Å². The van der Waals surface area contributed by atoms with Crippen LogP contribution in [0.3, 0.4) is 0 Å². The normalized spacial score (nSPS) is 15.3. The molecule has 26 heavy (non-hydrogen) atoms. The Bertz CT molecular complexity index is 548. The average Bonchev–Trinajstić information content (AvgIpc) is 2.64.